The molecule has 19 heavy (non-hydrogen) atoms. The normalized spacial score (nSPS) is 27.1. The smallest absolute Gasteiger partial charge is 0.0613 e. The van der Waals surface area contributed by atoms with Crippen molar-refractivity contribution < 1.29 is 5.11 Å². The first-order valence-corrected chi connectivity index (χ1v) is 7.09. The van der Waals surface area contributed by atoms with Crippen LogP contribution >= 0.6 is 0 Å². The highest BCUT2D eigenvalue weighted by Crippen LogP contribution is 2.32. The number of hydrogen-bond acceptors (Lipinski definition) is 4. The van der Waals surface area contributed by atoms with E-state index < -0.39 is 0 Å². The zero-order valence-electron chi connectivity index (χ0n) is 12.0. The Labute approximate surface area is 115 Å². The fourth-order valence-electron chi connectivity index (χ4n) is 2.94. The summed E-state index contributed by atoms with van der Waals surface area (Å²) in [4.78, 5) is 6.77. The summed E-state index contributed by atoms with van der Waals surface area (Å²) in [5.41, 5.74) is 1.08. The number of nitrogens with zero attached hydrogens (tertiary/aromatic N) is 2. The molecule has 0 spiro atoms. The number of likely N-dealkylation sites (N-methyl/N-ethyl adjacent to an activating group) is 2. The molecule has 1 heterocycles. The van der Waals surface area contributed by atoms with Gasteiger partial charge in [-0.2, -0.15) is 0 Å². The first kappa shape index (κ1) is 14.4. The molecular weight excluding hydrogens is 238 g/mol. The Morgan fingerprint density at radius 2 is 2.37 bits per heavy atom. The summed E-state index contributed by atoms with van der Waals surface area (Å²) in [6.07, 6.45) is 6.07. The molecule has 0 radical (unpaired) electrons. The molecule has 2 rings (SSSR count). The van der Waals surface area contributed by atoms with E-state index in [4.69, 9.17) is 0 Å². The van der Waals surface area contributed by atoms with E-state index in [9.17, 15) is 5.11 Å². The standard InChI is InChI=1S/C15H25N3O/c1-16-15(12-19)8-6-14(11-15)18(2)10-7-13-5-3-4-9-17-13/h3-5,9,14,16,19H,6-8,10-12H2,1-2H3. The van der Waals surface area contributed by atoms with E-state index >= 15 is 0 Å². The number of aliphatic hydroxyl groups is 1. The number of aromatic nitrogens is 1. The van der Waals surface area contributed by atoms with Crippen molar-refractivity contribution in [3.63, 3.8) is 0 Å². The summed E-state index contributed by atoms with van der Waals surface area (Å²) in [6.45, 7) is 1.25. The Balaban J connectivity index is 1.83. The van der Waals surface area contributed by atoms with Crippen LogP contribution in [0.4, 0.5) is 0 Å². The van der Waals surface area contributed by atoms with Gasteiger partial charge in [0.15, 0.2) is 0 Å². The molecule has 0 bridgehead atoms. The molecular formula is C15H25N3O. The minimum absolute atomic E-state index is 0.0656. The van der Waals surface area contributed by atoms with Gasteiger partial charge in [0, 0.05) is 36.4 Å². The van der Waals surface area contributed by atoms with Gasteiger partial charge in [-0.15, -0.1) is 0 Å². The Morgan fingerprint density at radius 3 is 2.95 bits per heavy atom. The van der Waals surface area contributed by atoms with Gasteiger partial charge in [-0.05, 0) is 45.5 Å². The molecule has 2 atom stereocenters. The van der Waals surface area contributed by atoms with Crippen LogP contribution in [0.5, 0.6) is 0 Å². The lowest BCUT2D eigenvalue weighted by molar-refractivity contribution is 0.158. The lowest BCUT2D eigenvalue weighted by Crippen LogP contribution is -2.45. The van der Waals surface area contributed by atoms with Crippen molar-refractivity contribution in [2.45, 2.75) is 37.3 Å². The van der Waals surface area contributed by atoms with Crippen molar-refractivity contribution in [3.8, 4) is 0 Å². The van der Waals surface area contributed by atoms with Crippen molar-refractivity contribution in [1.82, 2.24) is 15.2 Å². The van der Waals surface area contributed by atoms with Crippen molar-refractivity contribution in [1.29, 1.82) is 0 Å². The average molecular weight is 263 g/mol. The first-order chi connectivity index (χ1) is 9.19. The van der Waals surface area contributed by atoms with Gasteiger partial charge in [-0.1, -0.05) is 6.07 Å². The molecule has 1 saturated carbocycles. The molecule has 1 aromatic heterocycles. The van der Waals surface area contributed by atoms with Crippen LogP contribution < -0.4 is 5.32 Å². The second-order valence-electron chi connectivity index (χ2n) is 5.64. The van der Waals surface area contributed by atoms with Gasteiger partial charge >= 0.3 is 0 Å². The summed E-state index contributed by atoms with van der Waals surface area (Å²) < 4.78 is 0. The fourth-order valence-corrected chi connectivity index (χ4v) is 2.94. The van der Waals surface area contributed by atoms with E-state index in [2.05, 4.69) is 28.3 Å². The second kappa shape index (κ2) is 6.46. The number of hydrogen-bond donors (Lipinski definition) is 2. The van der Waals surface area contributed by atoms with E-state index in [0.29, 0.717) is 6.04 Å². The van der Waals surface area contributed by atoms with Crippen LogP contribution in [-0.2, 0) is 6.42 Å². The Bertz CT molecular complexity index is 378. The van der Waals surface area contributed by atoms with Crippen LogP contribution in [0.3, 0.4) is 0 Å². The Morgan fingerprint density at radius 1 is 1.53 bits per heavy atom. The fraction of sp³-hybridized carbons (Fsp3) is 0.667. The van der Waals surface area contributed by atoms with Crippen molar-refractivity contribution in [2.75, 3.05) is 27.2 Å². The number of aliphatic hydroxyl groups excluding tert-OH is 1. The van der Waals surface area contributed by atoms with Gasteiger partial charge in [-0.3, -0.25) is 4.98 Å². The quantitative estimate of drug-likeness (QED) is 0.806. The zero-order chi connectivity index (χ0) is 13.7. The number of pyridine rings is 1. The molecule has 1 aliphatic carbocycles. The maximum Gasteiger partial charge on any atom is 0.0613 e. The minimum atomic E-state index is -0.0656. The monoisotopic (exact) mass is 263 g/mol. The molecule has 106 valence electrons. The SMILES string of the molecule is CNC1(CO)CCC(N(C)CCc2ccccn2)C1. The van der Waals surface area contributed by atoms with Crippen LogP contribution in [0.15, 0.2) is 24.4 Å². The molecule has 0 amide bonds. The van der Waals surface area contributed by atoms with Crippen LogP contribution in [0, 0.1) is 0 Å². The van der Waals surface area contributed by atoms with Crippen LogP contribution in [0.25, 0.3) is 0 Å². The van der Waals surface area contributed by atoms with E-state index in [1.165, 1.54) is 0 Å². The van der Waals surface area contributed by atoms with Crippen LogP contribution in [-0.4, -0.2) is 53.8 Å². The lowest BCUT2D eigenvalue weighted by Gasteiger charge is -2.29. The molecule has 4 heteroatoms. The number of nitrogens with one attached hydrogen (secondary N) is 1. The van der Waals surface area contributed by atoms with Gasteiger partial charge in [0.2, 0.25) is 0 Å². The van der Waals surface area contributed by atoms with Crippen molar-refractivity contribution in [2.24, 2.45) is 0 Å². The summed E-state index contributed by atoms with van der Waals surface area (Å²) >= 11 is 0. The highest BCUT2D eigenvalue weighted by atomic mass is 16.3. The van der Waals surface area contributed by atoms with Crippen molar-refractivity contribution >= 4 is 0 Å². The highest BCUT2D eigenvalue weighted by Gasteiger charge is 2.38. The average Bonchev–Trinajstić information content (AvgIpc) is 2.91. The van der Waals surface area contributed by atoms with E-state index in [0.717, 1.165) is 37.9 Å². The molecule has 0 saturated heterocycles. The summed E-state index contributed by atoms with van der Waals surface area (Å²) in [5, 5.41) is 12.8. The zero-order valence-corrected chi connectivity index (χ0v) is 12.0. The maximum atomic E-state index is 9.53. The third kappa shape index (κ3) is 3.53. The third-order valence-corrected chi connectivity index (χ3v) is 4.49. The van der Waals surface area contributed by atoms with Gasteiger partial charge in [0.1, 0.15) is 0 Å². The molecule has 2 unspecified atom stereocenters. The van der Waals surface area contributed by atoms with Crippen LogP contribution in [0.2, 0.25) is 0 Å². The highest BCUT2D eigenvalue weighted by molar-refractivity contribution is 5.04. The minimum Gasteiger partial charge on any atom is -0.394 e. The molecule has 1 aliphatic rings. The first-order valence-electron chi connectivity index (χ1n) is 7.09. The van der Waals surface area contributed by atoms with E-state index in [1.54, 1.807) is 0 Å². The van der Waals surface area contributed by atoms with Gasteiger partial charge < -0.3 is 15.3 Å². The van der Waals surface area contributed by atoms with Gasteiger partial charge in [0.25, 0.3) is 0 Å². The Hall–Kier alpha value is -0.970. The topological polar surface area (TPSA) is 48.4 Å². The molecule has 2 N–H and O–H groups in total. The maximum absolute atomic E-state index is 9.53. The largest absolute Gasteiger partial charge is 0.394 e. The second-order valence-corrected chi connectivity index (χ2v) is 5.64. The van der Waals surface area contributed by atoms with E-state index in [1.807, 2.05) is 25.4 Å². The Kier molecular flexibility index (Phi) is 4.91. The predicted octanol–water partition coefficient (Wildman–Crippen LogP) is 1.06. The molecule has 1 aromatic rings. The van der Waals surface area contributed by atoms with Crippen LogP contribution in [0.1, 0.15) is 25.0 Å². The number of rotatable bonds is 6. The summed E-state index contributed by atoms with van der Waals surface area (Å²) in [5.74, 6) is 0. The molecule has 1 fully saturated rings. The summed E-state index contributed by atoms with van der Waals surface area (Å²) in [7, 11) is 4.13. The molecule has 0 aromatic carbocycles. The lowest BCUT2D eigenvalue weighted by atomic mass is 9.99. The third-order valence-electron chi connectivity index (χ3n) is 4.49. The van der Waals surface area contributed by atoms with E-state index in [-0.39, 0.29) is 12.1 Å². The molecule has 4 nitrogen and oxygen atoms in total. The predicted molar refractivity (Wildman–Crippen MR) is 77.1 cm³/mol. The molecule has 0 aliphatic heterocycles. The van der Waals surface area contributed by atoms with Crippen molar-refractivity contribution in [3.05, 3.63) is 30.1 Å². The van der Waals surface area contributed by atoms with Gasteiger partial charge in [-0.25, -0.2) is 0 Å². The summed E-state index contributed by atoms with van der Waals surface area (Å²) in [6, 6.07) is 6.62. The van der Waals surface area contributed by atoms with Gasteiger partial charge in [0.05, 0.1) is 6.61 Å².